The Bertz CT molecular complexity index is 1770. The van der Waals surface area contributed by atoms with Crippen LogP contribution in [-0.4, -0.2) is 72.4 Å². The van der Waals surface area contributed by atoms with Crippen LogP contribution < -0.4 is 20.5 Å². The zero-order valence-corrected chi connectivity index (χ0v) is 28.3. The highest BCUT2D eigenvalue weighted by molar-refractivity contribution is 6.32. The van der Waals surface area contributed by atoms with Gasteiger partial charge in [-0.1, -0.05) is 74.0 Å². The summed E-state index contributed by atoms with van der Waals surface area (Å²) in [6.45, 7) is 5.96. The van der Waals surface area contributed by atoms with Gasteiger partial charge in [-0.3, -0.25) is 19.9 Å². The Morgan fingerprint density at radius 3 is 2.59 bits per heavy atom. The molecule has 1 saturated heterocycles. The molecule has 0 radical (unpaired) electrons. The summed E-state index contributed by atoms with van der Waals surface area (Å²) in [7, 11) is 0. The second-order valence-corrected chi connectivity index (χ2v) is 12.9. The number of nitrogens with one attached hydrogen (secondary N) is 1. The molecule has 1 aromatic heterocycles. The molecule has 0 spiro atoms. The fourth-order valence-corrected chi connectivity index (χ4v) is 6.40. The van der Waals surface area contributed by atoms with E-state index in [2.05, 4.69) is 30.2 Å². The predicted octanol–water partition coefficient (Wildman–Crippen LogP) is 4.59. The van der Waals surface area contributed by atoms with Gasteiger partial charge in [-0.15, -0.1) is 0 Å². The molecule has 256 valence electrons. The molecule has 49 heavy (non-hydrogen) atoms. The maximum absolute atomic E-state index is 14.6. The maximum Gasteiger partial charge on any atom is 0.322 e. The van der Waals surface area contributed by atoms with Gasteiger partial charge in [-0.2, -0.15) is 5.26 Å². The van der Waals surface area contributed by atoms with Gasteiger partial charge in [-0.25, -0.2) is 0 Å². The lowest BCUT2D eigenvalue weighted by atomic mass is 9.58. The van der Waals surface area contributed by atoms with E-state index in [1.165, 1.54) is 6.20 Å². The number of halogens is 1. The third-order valence-corrected chi connectivity index (χ3v) is 9.45. The van der Waals surface area contributed by atoms with Crippen molar-refractivity contribution in [2.45, 2.75) is 33.0 Å². The molecular weight excluding hydrogens is 646 g/mol. The molecular formula is C37H40ClN5O6. The van der Waals surface area contributed by atoms with Crippen molar-refractivity contribution in [3.05, 3.63) is 106 Å². The zero-order valence-electron chi connectivity index (χ0n) is 27.5. The summed E-state index contributed by atoms with van der Waals surface area (Å²) in [6.07, 6.45) is 8.94. The van der Waals surface area contributed by atoms with Gasteiger partial charge in [0.1, 0.15) is 42.2 Å². The standard InChI is InChI=1S/C37H40ClN5O6/c1-36(2)29(27-7-4-3-5-8-27)9-6-10-37(36,35(46)43-11-13-47-14-12-43)24-49-33-17-32(48-23-26-15-25(18-39)20-41-21-26)28(16-30(33)38)22-42-31(19-40)34(44)45/h3-10,15-17,20-21,31,42H,11-14,19,22-24,40H2,1-2H3,(H,44,45). The van der Waals surface area contributed by atoms with Crippen molar-refractivity contribution in [2.24, 2.45) is 16.6 Å². The minimum absolute atomic E-state index is 0.0317. The number of pyridine rings is 1. The fraction of sp³-hybridized carbons (Fsp3) is 0.351. The van der Waals surface area contributed by atoms with Crippen molar-refractivity contribution in [3.63, 3.8) is 0 Å². The highest BCUT2D eigenvalue weighted by atomic mass is 35.5. The summed E-state index contributed by atoms with van der Waals surface area (Å²) in [5.41, 5.74) is 7.45. The van der Waals surface area contributed by atoms with Gasteiger partial charge in [-0.05, 0) is 23.3 Å². The van der Waals surface area contributed by atoms with E-state index in [-0.39, 0.29) is 43.0 Å². The number of nitrogens with two attached hydrogens (primary N) is 1. The minimum Gasteiger partial charge on any atom is -0.490 e. The number of carboxylic acid groups (broad SMARTS) is 1. The zero-order chi connectivity index (χ0) is 35.0. The molecule has 0 bridgehead atoms. The number of aliphatic carboxylic acids is 1. The Labute approximate surface area is 290 Å². The maximum atomic E-state index is 14.6. The molecule has 1 fully saturated rings. The van der Waals surface area contributed by atoms with Crippen LogP contribution in [-0.2, 0) is 27.5 Å². The van der Waals surface area contributed by atoms with Crippen molar-refractivity contribution in [1.29, 1.82) is 5.26 Å². The third kappa shape index (κ3) is 7.79. The Morgan fingerprint density at radius 2 is 1.90 bits per heavy atom. The number of carboxylic acids is 1. The second-order valence-electron chi connectivity index (χ2n) is 12.5. The molecule has 2 atom stereocenters. The smallest absolute Gasteiger partial charge is 0.322 e. The van der Waals surface area contributed by atoms with Crippen LogP contribution in [0.1, 0.15) is 36.1 Å². The Hall–Kier alpha value is -4.73. The summed E-state index contributed by atoms with van der Waals surface area (Å²) in [6, 6.07) is 16.0. The first-order chi connectivity index (χ1) is 23.6. The Balaban J connectivity index is 1.49. The monoisotopic (exact) mass is 685 g/mol. The van der Waals surface area contributed by atoms with Crippen LogP contribution in [0.4, 0.5) is 0 Å². The minimum atomic E-state index is -1.12. The van der Waals surface area contributed by atoms with Crippen molar-refractivity contribution in [3.8, 4) is 17.6 Å². The number of morpholine rings is 1. The molecule has 3 aromatic rings. The third-order valence-electron chi connectivity index (χ3n) is 9.16. The van der Waals surface area contributed by atoms with E-state index in [4.69, 9.17) is 31.5 Å². The molecule has 12 heteroatoms. The molecule has 1 aliphatic carbocycles. The number of ether oxygens (including phenoxy) is 3. The summed E-state index contributed by atoms with van der Waals surface area (Å²) in [5.74, 6) is -0.504. The summed E-state index contributed by atoms with van der Waals surface area (Å²) >= 11 is 6.82. The van der Waals surface area contributed by atoms with Crippen molar-refractivity contribution in [1.82, 2.24) is 15.2 Å². The largest absolute Gasteiger partial charge is 0.490 e. The average molecular weight is 686 g/mol. The van der Waals surface area contributed by atoms with E-state index in [0.29, 0.717) is 48.7 Å². The van der Waals surface area contributed by atoms with E-state index in [0.717, 1.165) is 11.1 Å². The van der Waals surface area contributed by atoms with Crippen molar-refractivity contribution in [2.75, 3.05) is 39.5 Å². The van der Waals surface area contributed by atoms with Crippen LogP contribution in [0, 0.1) is 22.2 Å². The molecule has 2 aromatic carbocycles. The quantitative estimate of drug-likeness (QED) is 0.232. The van der Waals surface area contributed by atoms with Gasteiger partial charge < -0.3 is 30.0 Å². The van der Waals surface area contributed by atoms with Crippen LogP contribution in [0.15, 0.2) is 79.2 Å². The van der Waals surface area contributed by atoms with Gasteiger partial charge >= 0.3 is 5.97 Å². The van der Waals surface area contributed by atoms with Crippen LogP contribution in [0.5, 0.6) is 11.5 Å². The summed E-state index contributed by atoms with van der Waals surface area (Å²) in [5, 5.41) is 22.0. The van der Waals surface area contributed by atoms with Gasteiger partial charge in [0.05, 0.1) is 23.8 Å². The van der Waals surface area contributed by atoms with E-state index in [1.54, 1.807) is 24.4 Å². The number of rotatable bonds is 13. The SMILES string of the molecule is CC1(C)C(c2ccccc2)=CC=CC1(COc1cc(OCc2cncc(C#N)c2)c(CNC(CN)C(=O)O)cc1Cl)C(=O)N1CCOCC1. The average Bonchev–Trinajstić information content (AvgIpc) is 3.11. The Morgan fingerprint density at radius 1 is 1.14 bits per heavy atom. The molecule has 2 aliphatic rings. The number of benzene rings is 2. The molecule has 0 saturated carbocycles. The lowest BCUT2D eigenvalue weighted by molar-refractivity contribution is -0.150. The van der Waals surface area contributed by atoms with E-state index < -0.39 is 22.8 Å². The molecule has 2 heterocycles. The normalized spacial score (nSPS) is 19.0. The van der Waals surface area contributed by atoms with Crippen LogP contribution in [0.3, 0.4) is 0 Å². The first-order valence-electron chi connectivity index (χ1n) is 16.0. The molecule has 1 amide bonds. The molecule has 2 unspecified atom stereocenters. The summed E-state index contributed by atoms with van der Waals surface area (Å²) < 4.78 is 18.3. The van der Waals surface area contributed by atoms with E-state index in [9.17, 15) is 20.0 Å². The number of carbonyl (C=O) groups excluding carboxylic acids is 1. The van der Waals surface area contributed by atoms with Crippen LogP contribution in [0.25, 0.3) is 5.57 Å². The molecule has 5 rings (SSSR count). The number of carbonyl (C=O) groups is 2. The number of allylic oxidation sites excluding steroid dienone is 3. The highest BCUT2D eigenvalue weighted by Crippen LogP contribution is 2.53. The first kappa shape index (κ1) is 35.6. The fourth-order valence-electron chi connectivity index (χ4n) is 6.16. The number of hydrogen-bond acceptors (Lipinski definition) is 9. The number of hydrogen-bond donors (Lipinski definition) is 3. The van der Waals surface area contributed by atoms with E-state index in [1.807, 2.05) is 53.5 Å². The Kier molecular flexibility index (Phi) is 11.4. The van der Waals surface area contributed by atoms with Gasteiger partial charge in [0.15, 0.2) is 0 Å². The number of nitriles is 1. The van der Waals surface area contributed by atoms with Gasteiger partial charge in [0.2, 0.25) is 5.91 Å². The molecule has 11 nitrogen and oxygen atoms in total. The lowest BCUT2D eigenvalue weighted by Crippen LogP contribution is -2.57. The van der Waals surface area contributed by atoms with Crippen LogP contribution in [0.2, 0.25) is 5.02 Å². The molecule has 4 N–H and O–H groups in total. The highest BCUT2D eigenvalue weighted by Gasteiger charge is 2.54. The summed E-state index contributed by atoms with van der Waals surface area (Å²) in [4.78, 5) is 32.2. The van der Waals surface area contributed by atoms with Crippen molar-refractivity contribution >= 4 is 29.1 Å². The first-order valence-corrected chi connectivity index (χ1v) is 16.4. The predicted molar refractivity (Wildman–Crippen MR) is 185 cm³/mol. The second kappa shape index (κ2) is 15.7. The lowest BCUT2D eigenvalue weighted by Gasteiger charge is -2.49. The number of aromatic nitrogens is 1. The van der Waals surface area contributed by atoms with Gasteiger partial charge in [0, 0.05) is 61.2 Å². The van der Waals surface area contributed by atoms with Crippen LogP contribution >= 0.6 is 11.6 Å². The molecule has 1 aliphatic heterocycles. The van der Waals surface area contributed by atoms with Gasteiger partial charge in [0.25, 0.3) is 0 Å². The van der Waals surface area contributed by atoms with Crippen molar-refractivity contribution < 1.29 is 28.9 Å². The topological polar surface area (TPSA) is 160 Å². The van der Waals surface area contributed by atoms with E-state index >= 15 is 0 Å². The number of nitrogens with zero attached hydrogens (tertiary/aromatic N) is 3. The number of amides is 1.